The lowest BCUT2D eigenvalue weighted by atomic mass is 10.1. The fourth-order valence-electron chi connectivity index (χ4n) is 1.96. The van der Waals surface area contributed by atoms with Crippen molar-refractivity contribution >= 4 is 0 Å². The molecule has 1 saturated heterocycles. The molecule has 5 heteroatoms. The Hall–Kier alpha value is -1.20. The number of nitrogens with one attached hydrogen (secondary N) is 1. The number of halogens is 2. The van der Waals surface area contributed by atoms with Gasteiger partial charge in [0.1, 0.15) is 11.9 Å². The molecule has 1 atom stereocenters. The first kappa shape index (κ1) is 14.2. The van der Waals surface area contributed by atoms with Crippen LogP contribution >= 0.6 is 0 Å². The second-order valence-electron chi connectivity index (χ2n) is 5.01. The second-order valence-corrected chi connectivity index (χ2v) is 5.01. The van der Waals surface area contributed by atoms with Crippen LogP contribution in [0.2, 0.25) is 0 Å². The highest BCUT2D eigenvalue weighted by atomic mass is 19.1. The average molecular weight is 271 g/mol. The summed E-state index contributed by atoms with van der Waals surface area (Å²) < 4.78 is 38.0. The summed E-state index contributed by atoms with van der Waals surface area (Å²) in [5.41, 5.74) is 0.498. The zero-order valence-corrected chi connectivity index (χ0v) is 11.2. The van der Waals surface area contributed by atoms with E-state index < -0.39 is 11.6 Å². The summed E-state index contributed by atoms with van der Waals surface area (Å²) in [4.78, 5) is 0. The molecule has 0 bridgehead atoms. The Morgan fingerprint density at radius 1 is 1.42 bits per heavy atom. The molecule has 19 heavy (non-hydrogen) atoms. The van der Waals surface area contributed by atoms with Crippen LogP contribution in [0.25, 0.3) is 0 Å². The Balaban J connectivity index is 2.17. The third-order valence-electron chi connectivity index (χ3n) is 2.96. The lowest BCUT2D eigenvalue weighted by Gasteiger charge is -2.17. The van der Waals surface area contributed by atoms with Crippen molar-refractivity contribution in [2.75, 3.05) is 13.2 Å². The van der Waals surface area contributed by atoms with Crippen LogP contribution in [0.1, 0.15) is 25.8 Å². The molecule has 1 heterocycles. The van der Waals surface area contributed by atoms with Crippen LogP contribution in [-0.4, -0.2) is 25.4 Å². The van der Waals surface area contributed by atoms with E-state index in [2.05, 4.69) is 5.32 Å². The number of hydrogen-bond acceptors (Lipinski definition) is 3. The van der Waals surface area contributed by atoms with Crippen molar-refractivity contribution in [3.05, 3.63) is 29.3 Å². The molecular weight excluding hydrogens is 252 g/mol. The first-order chi connectivity index (χ1) is 9.06. The van der Waals surface area contributed by atoms with Crippen LogP contribution in [0.3, 0.4) is 0 Å². The van der Waals surface area contributed by atoms with Crippen molar-refractivity contribution in [2.45, 2.75) is 39.0 Å². The summed E-state index contributed by atoms with van der Waals surface area (Å²) in [6.45, 7) is 5.39. The van der Waals surface area contributed by atoms with Crippen molar-refractivity contribution in [1.82, 2.24) is 5.32 Å². The lowest BCUT2D eigenvalue weighted by Crippen LogP contribution is -2.24. The van der Waals surface area contributed by atoms with Gasteiger partial charge in [0.2, 0.25) is 0 Å². The van der Waals surface area contributed by atoms with Crippen molar-refractivity contribution in [3.63, 3.8) is 0 Å². The van der Waals surface area contributed by atoms with Gasteiger partial charge in [0.05, 0.1) is 13.2 Å². The number of ether oxygens (including phenoxy) is 2. The molecule has 0 unspecified atom stereocenters. The summed E-state index contributed by atoms with van der Waals surface area (Å²) in [6, 6.07) is 2.39. The minimum atomic E-state index is -0.660. The summed E-state index contributed by atoms with van der Waals surface area (Å²) in [5, 5.41) is 3.14. The molecule has 1 aliphatic rings. The van der Waals surface area contributed by atoms with Crippen molar-refractivity contribution in [3.8, 4) is 5.75 Å². The molecule has 0 saturated carbocycles. The average Bonchev–Trinajstić information content (AvgIpc) is 2.83. The zero-order valence-electron chi connectivity index (χ0n) is 11.2. The highest BCUT2D eigenvalue weighted by Crippen LogP contribution is 2.27. The van der Waals surface area contributed by atoms with E-state index in [0.717, 1.165) is 12.5 Å². The standard InChI is InChI=1S/C14H19F2NO2/c1-9(2)17-7-10-5-11(15)6-13(16)14(10)19-12-3-4-18-8-12/h5-6,9,12,17H,3-4,7-8H2,1-2H3/t12-/m0/s1. The van der Waals surface area contributed by atoms with E-state index in [1.165, 1.54) is 6.07 Å². The van der Waals surface area contributed by atoms with Gasteiger partial charge in [-0.1, -0.05) is 13.8 Å². The molecule has 2 rings (SSSR count). The van der Waals surface area contributed by atoms with Gasteiger partial charge in [-0.3, -0.25) is 0 Å². The Labute approximate surface area is 111 Å². The van der Waals surface area contributed by atoms with Crippen LogP contribution < -0.4 is 10.1 Å². The maximum absolute atomic E-state index is 13.9. The topological polar surface area (TPSA) is 30.5 Å². The molecule has 1 N–H and O–H groups in total. The van der Waals surface area contributed by atoms with E-state index in [9.17, 15) is 8.78 Å². The van der Waals surface area contributed by atoms with Gasteiger partial charge in [-0.05, 0) is 6.07 Å². The molecule has 1 aromatic carbocycles. The smallest absolute Gasteiger partial charge is 0.168 e. The van der Waals surface area contributed by atoms with Gasteiger partial charge >= 0.3 is 0 Å². The van der Waals surface area contributed by atoms with Crippen LogP contribution in [0.4, 0.5) is 8.78 Å². The minimum Gasteiger partial charge on any atom is -0.485 e. The van der Waals surface area contributed by atoms with Crippen LogP contribution in [-0.2, 0) is 11.3 Å². The monoisotopic (exact) mass is 271 g/mol. The van der Waals surface area contributed by atoms with Gasteiger partial charge in [-0.15, -0.1) is 0 Å². The fraction of sp³-hybridized carbons (Fsp3) is 0.571. The van der Waals surface area contributed by atoms with E-state index in [-0.39, 0.29) is 17.9 Å². The second kappa shape index (κ2) is 6.30. The normalized spacial score (nSPS) is 19.1. The van der Waals surface area contributed by atoms with Gasteiger partial charge in [-0.2, -0.15) is 0 Å². The van der Waals surface area contributed by atoms with E-state index in [0.29, 0.717) is 25.3 Å². The molecule has 1 aliphatic heterocycles. The molecular formula is C14H19F2NO2. The number of rotatable bonds is 5. The summed E-state index contributed by atoms with van der Waals surface area (Å²) in [5.74, 6) is -1.12. The number of hydrogen-bond donors (Lipinski definition) is 1. The van der Waals surface area contributed by atoms with E-state index in [1.54, 1.807) is 0 Å². The van der Waals surface area contributed by atoms with Gasteiger partial charge < -0.3 is 14.8 Å². The molecule has 0 aliphatic carbocycles. The summed E-state index contributed by atoms with van der Waals surface area (Å²) >= 11 is 0. The molecule has 0 aromatic heterocycles. The van der Waals surface area contributed by atoms with Crippen molar-refractivity contribution in [2.24, 2.45) is 0 Å². The zero-order chi connectivity index (χ0) is 13.8. The number of benzene rings is 1. The van der Waals surface area contributed by atoms with Crippen LogP contribution in [0, 0.1) is 11.6 Å². The third kappa shape index (κ3) is 3.88. The predicted octanol–water partition coefficient (Wildman–Crippen LogP) is 2.63. The third-order valence-corrected chi connectivity index (χ3v) is 2.96. The van der Waals surface area contributed by atoms with Crippen molar-refractivity contribution < 1.29 is 18.3 Å². The lowest BCUT2D eigenvalue weighted by molar-refractivity contribution is 0.137. The largest absolute Gasteiger partial charge is 0.485 e. The van der Waals surface area contributed by atoms with E-state index in [4.69, 9.17) is 9.47 Å². The Morgan fingerprint density at radius 2 is 2.21 bits per heavy atom. The van der Waals surface area contributed by atoms with Crippen LogP contribution in [0.5, 0.6) is 5.75 Å². The molecule has 0 amide bonds. The molecule has 0 spiro atoms. The fourth-order valence-corrected chi connectivity index (χ4v) is 1.96. The quantitative estimate of drug-likeness (QED) is 0.893. The Bertz CT molecular complexity index is 432. The van der Waals surface area contributed by atoms with Gasteiger partial charge in [0, 0.05) is 30.6 Å². The maximum atomic E-state index is 13.9. The van der Waals surface area contributed by atoms with E-state index in [1.807, 2.05) is 13.8 Å². The van der Waals surface area contributed by atoms with E-state index >= 15 is 0 Å². The molecule has 106 valence electrons. The minimum absolute atomic E-state index is 0.130. The van der Waals surface area contributed by atoms with Gasteiger partial charge in [-0.25, -0.2) is 8.78 Å². The van der Waals surface area contributed by atoms with Gasteiger partial charge in [0.25, 0.3) is 0 Å². The maximum Gasteiger partial charge on any atom is 0.168 e. The first-order valence-corrected chi connectivity index (χ1v) is 6.52. The Morgan fingerprint density at radius 3 is 2.84 bits per heavy atom. The molecule has 3 nitrogen and oxygen atoms in total. The first-order valence-electron chi connectivity index (χ1n) is 6.52. The molecule has 0 radical (unpaired) electrons. The SMILES string of the molecule is CC(C)NCc1cc(F)cc(F)c1O[C@H]1CCOC1. The molecule has 1 fully saturated rings. The van der Waals surface area contributed by atoms with Crippen molar-refractivity contribution in [1.29, 1.82) is 0 Å². The molecule has 1 aromatic rings. The summed E-state index contributed by atoms with van der Waals surface area (Å²) in [7, 11) is 0. The highest BCUT2D eigenvalue weighted by molar-refractivity contribution is 5.36. The van der Waals surface area contributed by atoms with Gasteiger partial charge in [0.15, 0.2) is 11.6 Å². The van der Waals surface area contributed by atoms with Crippen LogP contribution in [0.15, 0.2) is 12.1 Å². The Kier molecular flexibility index (Phi) is 4.71. The highest BCUT2D eigenvalue weighted by Gasteiger charge is 2.21. The predicted molar refractivity (Wildman–Crippen MR) is 68.2 cm³/mol. The summed E-state index contributed by atoms with van der Waals surface area (Å²) in [6.07, 6.45) is 0.575.